The largest absolute Gasteiger partial charge is 0.491 e. The zero-order valence-electron chi connectivity index (χ0n) is 12.6. The molecule has 1 heterocycles. The van der Waals surface area contributed by atoms with Gasteiger partial charge in [0.25, 0.3) is 0 Å². The van der Waals surface area contributed by atoms with Crippen molar-refractivity contribution in [3.63, 3.8) is 0 Å². The van der Waals surface area contributed by atoms with Crippen molar-refractivity contribution in [2.45, 2.75) is 25.8 Å². The number of nitrogens with one attached hydrogen (secondary N) is 2. The highest BCUT2D eigenvalue weighted by Gasteiger charge is 2.21. The molecule has 0 radical (unpaired) electrons. The molecule has 0 saturated heterocycles. The van der Waals surface area contributed by atoms with Gasteiger partial charge in [-0.1, -0.05) is 43.3 Å². The van der Waals surface area contributed by atoms with E-state index in [1.54, 1.807) is 0 Å². The van der Waals surface area contributed by atoms with E-state index in [0.29, 0.717) is 6.61 Å². The third-order valence-corrected chi connectivity index (χ3v) is 3.86. The summed E-state index contributed by atoms with van der Waals surface area (Å²) in [6.07, 6.45) is 1.68. The van der Waals surface area contributed by atoms with Crippen LogP contribution < -0.4 is 15.4 Å². The number of aryl methyl sites for hydroxylation is 1. The summed E-state index contributed by atoms with van der Waals surface area (Å²) in [6, 6.07) is 15.6. The van der Waals surface area contributed by atoms with Gasteiger partial charge in [-0.05, 0) is 36.1 Å². The van der Waals surface area contributed by atoms with Gasteiger partial charge < -0.3 is 15.4 Å². The number of carbonyl (C=O) groups excluding carboxylic acids is 1. The van der Waals surface area contributed by atoms with Crippen molar-refractivity contribution in [2.75, 3.05) is 11.9 Å². The Labute approximate surface area is 130 Å². The number of fused-ring (bicyclic) bond motifs is 1. The molecule has 4 heteroatoms. The third kappa shape index (κ3) is 3.22. The molecule has 0 bridgehead atoms. The molecule has 2 aromatic carbocycles. The number of para-hydroxylation sites is 2. The second-order valence-corrected chi connectivity index (χ2v) is 5.43. The van der Waals surface area contributed by atoms with Gasteiger partial charge in [0.05, 0.1) is 6.04 Å². The van der Waals surface area contributed by atoms with Crippen LogP contribution in [-0.4, -0.2) is 18.7 Å². The summed E-state index contributed by atoms with van der Waals surface area (Å²) < 4.78 is 5.69. The lowest BCUT2D eigenvalue weighted by molar-refractivity contribution is 0.222. The molecule has 114 valence electrons. The second-order valence-electron chi connectivity index (χ2n) is 5.43. The number of hydrogen-bond acceptors (Lipinski definition) is 2. The van der Waals surface area contributed by atoms with Crippen molar-refractivity contribution >= 4 is 11.7 Å². The third-order valence-electron chi connectivity index (χ3n) is 3.86. The summed E-state index contributed by atoms with van der Waals surface area (Å²) in [4.78, 5) is 12.2. The van der Waals surface area contributed by atoms with Crippen LogP contribution >= 0.6 is 0 Å². The molecular formula is C18H20N2O2. The summed E-state index contributed by atoms with van der Waals surface area (Å²) in [7, 11) is 0. The van der Waals surface area contributed by atoms with E-state index in [9.17, 15) is 4.79 Å². The van der Waals surface area contributed by atoms with Crippen LogP contribution in [0.25, 0.3) is 0 Å². The molecule has 2 N–H and O–H groups in total. The van der Waals surface area contributed by atoms with Gasteiger partial charge in [0.15, 0.2) is 0 Å². The van der Waals surface area contributed by atoms with Crippen LogP contribution in [-0.2, 0) is 12.8 Å². The van der Waals surface area contributed by atoms with E-state index in [4.69, 9.17) is 4.74 Å². The van der Waals surface area contributed by atoms with Gasteiger partial charge in [0.1, 0.15) is 12.4 Å². The van der Waals surface area contributed by atoms with E-state index in [2.05, 4.69) is 17.6 Å². The van der Waals surface area contributed by atoms with Crippen LogP contribution in [0.2, 0.25) is 0 Å². The van der Waals surface area contributed by atoms with Crippen LogP contribution in [0.4, 0.5) is 10.5 Å². The number of carbonyl (C=O) groups is 1. The minimum Gasteiger partial charge on any atom is -0.491 e. The zero-order chi connectivity index (χ0) is 15.4. The maximum absolute atomic E-state index is 12.2. The second kappa shape index (κ2) is 6.52. The SMILES string of the molecule is CCc1ccccc1NC(=O)N[C@H]1COc2ccccc2C1. The number of urea groups is 1. The minimum atomic E-state index is -0.186. The average Bonchev–Trinajstić information content (AvgIpc) is 2.55. The van der Waals surface area contributed by atoms with Gasteiger partial charge >= 0.3 is 6.03 Å². The number of benzene rings is 2. The zero-order valence-corrected chi connectivity index (χ0v) is 12.6. The Hall–Kier alpha value is -2.49. The van der Waals surface area contributed by atoms with Gasteiger partial charge in [-0.15, -0.1) is 0 Å². The predicted octanol–water partition coefficient (Wildman–Crippen LogP) is 3.37. The maximum atomic E-state index is 12.2. The molecule has 0 saturated carbocycles. The first-order chi connectivity index (χ1) is 10.8. The Morgan fingerprint density at radius 1 is 1.18 bits per heavy atom. The summed E-state index contributed by atoms with van der Waals surface area (Å²) in [5.74, 6) is 0.914. The quantitative estimate of drug-likeness (QED) is 0.912. The maximum Gasteiger partial charge on any atom is 0.319 e. The van der Waals surface area contributed by atoms with Crippen molar-refractivity contribution < 1.29 is 9.53 Å². The Bertz CT molecular complexity index is 670. The average molecular weight is 296 g/mol. The van der Waals surface area contributed by atoms with Crippen molar-refractivity contribution in [3.8, 4) is 5.75 Å². The van der Waals surface area contributed by atoms with Crippen molar-refractivity contribution in [1.29, 1.82) is 0 Å². The fraction of sp³-hybridized carbons (Fsp3) is 0.278. The molecule has 0 unspecified atom stereocenters. The molecule has 3 rings (SSSR count). The van der Waals surface area contributed by atoms with Crippen LogP contribution in [0, 0.1) is 0 Å². The molecular weight excluding hydrogens is 276 g/mol. The smallest absolute Gasteiger partial charge is 0.319 e. The first-order valence-electron chi connectivity index (χ1n) is 7.62. The highest BCUT2D eigenvalue weighted by Crippen LogP contribution is 2.24. The van der Waals surface area contributed by atoms with E-state index in [1.165, 1.54) is 0 Å². The molecule has 1 aliphatic heterocycles. The minimum absolute atomic E-state index is 0.0105. The van der Waals surface area contributed by atoms with Crippen LogP contribution in [0.1, 0.15) is 18.1 Å². The lowest BCUT2D eigenvalue weighted by Gasteiger charge is -2.26. The standard InChI is InChI=1S/C18H20N2O2/c1-2-13-7-3-5-9-16(13)20-18(21)19-15-11-14-8-4-6-10-17(14)22-12-15/h3-10,15H,2,11-12H2,1H3,(H2,19,20,21)/t15-/m1/s1. The fourth-order valence-corrected chi connectivity index (χ4v) is 2.72. The molecule has 4 nitrogen and oxygen atoms in total. The van der Waals surface area contributed by atoms with Crippen LogP contribution in [0.5, 0.6) is 5.75 Å². The van der Waals surface area contributed by atoms with Crippen LogP contribution in [0.3, 0.4) is 0 Å². The highest BCUT2D eigenvalue weighted by molar-refractivity contribution is 5.90. The number of rotatable bonds is 3. The number of ether oxygens (including phenoxy) is 1. The van der Waals surface area contributed by atoms with E-state index in [0.717, 1.165) is 35.4 Å². The normalized spacial score (nSPS) is 16.3. The topological polar surface area (TPSA) is 50.4 Å². The van der Waals surface area contributed by atoms with Gasteiger partial charge in [0.2, 0.25) is 0 Å². The lowest BCUT2D eigenvalue weighted by Crippen LogP contribution is -2.44. The van der Waals surface area contributed by atoms with Gasteiger partial charge in [-0.2, -0.15) is 0 Å². The van der Waals surface area contributed by atoms with Gasteiger partial charge in [-0.3, -0.25) is 0 Å². The molecule has 0 spiro atoms. The van der Waals surface area contributed by atoms with Crippen molar-refractivity contribution in [2.24, 2.45) is 0 Å². The molecule has 1 atom stereocenters. The Morgan fingerprint density at radius 3 is 2.82 bits per heavy atom. The van der Waals surface area contributed by atoms with Crippen LogP contribution in [0.15, 0.2) is 48.5 Å². The Balaban J connectivity index is 1.61. The Kier molecular flexibility index (Phi) is 4.28. The van der Waals surface area contributed by atoms with E-state index in [-0.39, 0.29) is 12.1 Å². The van der Waals surface area contributed by atoms with E-state index >= 15 is 0 Å². The number of hydrogen-bond donors (Lipinski definition) is 2. The lowest BCUT2D eigenvalue weighted by atomic mass is 10.0. The molecule has 0 fully saturated rings. The van der Waals surface area contributed by atoms with E-state index < -0.39 is 0 Å². The molecule has 2 aromatic rings. The highest BCUT2D eigenvalue weighted by atomic mass is 16.5. The molecule has 22 heavy (non-hydrogen) atoms. The summed E-state index contributed by atoms with van der Waals surface area (Å²) in [6.45, 7) is 2.57. The fourth-order valence-electron chi connectivity index (χ4n) is 2.72. The predicted molar refractivity (Wildman–Crippen MR) is 87.4 cm³/mol. The monoisotopic (exact) mass is 296 g/mol. The molecule has 0 aromatic heterocycles. The first kappa shape index (κ1) is 14.4. The number of amides is 2. The van der Waals surface area contributed by atoms with Crippen molar-refractivity contribution in [3.05, 3.63) is 59.7 Å². The number of anilines is 1. The van der Waals surface area contributed by atoms with Crippen molar-refractivity contribution in [1.82, 2.24) is 5.32 Å². The molecule has 1 aliphatic rings. The first-order valence-corrected chi connectivity index (χ1v) is 7.62. The van der Waals surface area contributed by atoms with Gasteiger partial charge in [0, 0.05) is 5.69 Å². The molecule has 2 amide bonds. The molecule has 0 aliphatic carbocycles. The Morgan fingerprint density at radius 2 is 1.95 bits per heavy atom. The summed E-state index contributed by atoms with van der Waals surface area (Å²) in [5, 5.41) is 5.91. The summed E-state index contributed by atoms with van der Waals surface area (Å²) in [5.41, 5.74) is 3.12. The van der Waals surface area contributed by atoms with Gasteiger partial charge in [-0.25, -0.2) is 4.79 Å². The summed E-state index contributed by atoms with van der Waals surface area (Å²) >= 11 is 0. The van der Waals surface area contributed by atoms with E-state index in [1.807, 2.05) is 48.5 Å².